The zero-order valence-corrected chi connectivity index (χ0v) is 22.4. The second kappa shape index (κ2) is 11.5. The van der Waals surface area contributed by atoms with Crippen LogP contribution in [0.2, 0.25) is 5.02 Å². The molecule has 2 fully saturated rings. The fraction of sp³-hybridized carbons (Fsp3) is 0.571. The number of aromatic nitrogens is 1. The molecule has 7 nitrogen and oxygen atoms in total. The first kappa shape index (κ1) is 26.9. The molecule has 196 valence electrons. The minimum Gasteiger partial charge on any atom is -0.378 e. The molecule has 1 aromatic heterocycles. The Bertz CT molecular complexity index is 989. The fourth-order valence-corrected chi connectivity index (χ4v) is 5.88. The Morgan fingerprint density at radius 2 is 1.81 bits per heavy atom. The number of carbonyl (C=O) groups excluding carboxylic acids is 1. The first-order valence-electron chi connectivity index (χ1n) is 13.0. The maximum atomic E-state index is 11.5. The van der Waals surface area contributed by atoms with Crippen LogP contribution in [0.1, 0.15) is 57.3 Å². The average molecular weight is 514 g/mol. The second-order valence-corrected chi connectivity index (χ2v) is 11.7. The van der Waals surface area contributed by atoms with Crippen LogP contribution in [0.15, 0.2) is 48.7 Å². The highest BCUT2D eigenvalue weighted by Crippen LogP contribution is 2.36. The van der Waals surface area contributed by atoms with E-state index in [1.165, 1.54) is 5.56 Å². The molecule has 4 rings (SSSR count). The predicted molar refractivity (Wildman–Crippen MR) is 144 cm³/mol. The van der Waals surface area contributed by atoms with Gasteiger partial charge < -0.3 is 15.7 Å². The summed E-state index contributed by atoms with van der Waals surface area (Å²) in [6, 6.07) is 14.0. The number of likely N-dealkylation sites (tertiary alicyclic amines) is 1. The van der Waals surface area contributed by atoms with Gasteiger partial charge in [0.05, 0.1) is 11.7 Å². The van der Waals surface area contributed by atoms with Crippen LogP contribution in [0, 0.1) is 11.3 Å². The van der Waals surface area contributed by atoms with Gasteiger partial charge in [-0.3, -0.25) is 14.8 Å². The number of aliphatic hydroxyl groups is 1. The zero-order chi connectivity index (χ0) is 25.9. The number of nitrogens with two attached hydrogens (primary N) is 1. The van der Waals surface area contributed by atoms with E-state index in [0.29, 0.717) is 19.0 Å². The number of benzene rings is 1. The summed E-state index contributed by atoms with van der Waals surface area (Å²) in [5.41, 5.74) is 7.60. The number of halogens is 1. The van der Waals surface area contributed by atoms with Crippen molar-refractivity contribution in [3.63, 3.8) is 0 Å². The Balaban J connectivity index is 1.51. The van der Waals surface area contributed by atoms with Crippen LogP contribution in [-0.2, 0) is 0 Å². The number of piperidine rings is 1. The Morgan fingerprint density at radius 3 is 2.39 bits per heavy atom. The van der Waals surface area contributed by atoms with Crippen molar-refractivity contribution in [1.82, 2.24) is 19.7 Å². The zero-order valence-electron chi connectivity index (χ0n) is 21.7. The molecule has 1 aromatic carbocycles. The smallest absolute Gasteiger partial charge is 0.314 e. The molecule has 3 N–H and O–H groups in total. The van der Waals surface area contributed by atoms with Crippen molar-refractivity contribution in [1.29, 1.82) is 0 Å². The molecule has 2 aliphatic rings. The van der Waals surface area contributed by atoms with Crippen LogP contribution in [-0.4, -0.2) is 75.8 Å². The van der Waals surface area contributed by atoms with Crippen molar-refractivity contribution in [2.24, 2.45) is 17.1 Å². The number of urea groups is 1. The maximum Gasteiger partial charge on any atom is 0.314 e. The normalized spacial score (nSPS) is 22.4. The molecule has 2 aliphatic heterocycles. The molecule has 2 amide bonds. The number of hydrogen-bond donors (Lipinski definition) is 2. The summed E-state index contributed by atoms with van der Waals surface area (Å²) in [6.45, 7) is 10.5. The topological polar surface area (TPSA) is 85.9 Å². The molecule has 8 heteroatoms. The van der Waals surface area contributed by atoms with Crippen LogP contribution in [0.25, 0.3) is 0 Å². The van der Waals surface area contributed by atoms with Crippen molar-refractivity contribution in [3.8, 4) is 0 Å². The minimum atomic E-state index is -0.509. The van der Waals surface area contributed by atoms with Gasteiger partial charge in [-0.25, -0.2) is 4.79 Å². The number of nitrogens with zero attached hydrogens (tertiary/aromatic N) is 4. The second-order valence-electron chi connectivity index (χ2n) is 11.3. The van der Waals surface area contributed by atoms with E-state index in [4.69, 9.17) is 22.3 Å². The Hall–Kier alpha value is -2.19. The first-order chi connectivity index (χ1) is 17.1. The van der Waals surface area contributed by atoms with Crippen LogP contribution in [0.5, 0.6) is 0 Å². The fourth-order valence-electron chi connectivity index (χ4n) is 5.75. The third kappa shape index (κ3) is 6.38. The summed E-state index contributed by atoms with van der Waals surface area (Å²) < 4.78 is 0. The SMILES string of the molecule is CC(C)(C)C1CN(C(c2ccc(Cl)cc2)c2ccccn2)CCN1C(O)CC1CCN(C(N)=O)CC1. The number of carbonyl (C=O) groups is 1. The van der Waals surface area contributed by atoms with Gasteiger partial charge in [0.25, 0.3) is 0 Å². The first-order valence-corrected chi connectivity index (χ1v) is 13.4. The number of pyridine rings is 1. The predicted octanol–water partition coefficient (Wildman–Crippen LogP) is 4.36. The van der Waals surface area contributed by atoms with Gasteiger partial charge >= 0.3 is 6.03 Å². The van der Waals surface area contributed by atoms with Gasteiger partial charge in [-0.15, -0.1) is 0 Å². The Kier molecular flexibility index (Phi) is 8.56. The summed E-state index contributed by atoms with van der Waals surface area (Å²) >= 11 is 6.20. The number of aliphatic hydroxyl groups excluding tert-OH is 1. The van der Waals surface area contributed by atoms with Crippen LogP contribution in [0.4, 0.5) is 4.79 Å². The van der Waals surface area contributed by atoms with Gasteiger partial charge in [0.2, 0.25) is 0 Å². The molecule has 2 saturated heterocycles. The molecular weight excluding hydrogens is 474 g/mol. The van der Waals surface area contributed by atoms with Crippen molar-refractivity contribution < 1.29 is 9.90 Å². The lowest BCUT2D eigenvalue weighted by Crippen LogP contribution is -2.61. The summed E-state index contributed by atoms with van der Waals surface area (Å²) in [4.78, 5) is 22.7. The maximum absolute atomic E-state index is 11.5. The molecule has 3 atom stereocenters. The number of piperazine rings is 1. The van der Waals surface area contributed by atoms with E-state index in [-0.39, 0.29) is 23.5 Å². The Morgan fingerprint density at radius 1 is 1.11 bits per heavy atom. The lowest BCUT2D eigenvalue weighted by molar-refractivity contribution is -0.104. The highest BCUT2D eigenvalue weighted by atomic mass is 35.5. The molecule has 36 heavy (non-hydrogen) atoms. The van der Waals surface area contributed by atoms with E-state index in [0.717, 1.165) is 49.6 Å². The summed E-state index contributed by atoms with van der Waals surface area (Å²) in [5, 5.41) is 12.1. The molecule has 0 saturated carbocycles. The van der Waals surface area contributed by atoms with Gasteiger partial charge in [-0.05, 0) is 60.4 Å². The van der Waals surface area contributed by atoms with Gasteiger partial charge in [0.1, 0.15) is 6.23 Å². The van der Waals surface area contributed by atoms with Crippen LogP contribution >= 0.6 is 11.6 Å². The van der Waals surface area contributed by atoms with Crippen LogP contribution < -0.4 is 5.73 Å². The number of hydrogen-bond acceptors (Lipinski definition) is 5. The molecule has 0 aliphatic carbocycles. The lowest BCUT2D eigenvalue weighted by Gasteiger charge is -2.51. The highest BCUT2D eigenvalue weighted by molar-refractivity contribution is 6.30. The summed E-state index contributed by atoms with van der Waals surface area (Å²) in [5.74, 6) is 0.393. The lowest BCUT2D eigenvalue weighted by atomic mass is 9.82. The number of primary amides is 1. The van der Waals surface area contributed by atoms with Crippen molar-refractivity contribution >= 4 is 17.6 Å². The molecule has 0 bridgehead atoms. The average Bonchev–Trinajstić information content (AvgIpc) is 2.86. The third-order valence-corrected chi connectivity index (χ3v) is 8.08. The molecule has 3 unspecified atom stereocenters. The highest BCUT2D eigenvalue weighted by Gasteiger charge is 2.41. The number of amides is 2. The van der Waals surface area contributed by atoms with Gasteiger partial charge in [0.15, 0.2) is 0 Å². The van der Waals surface area contributed by atoms with Crippen LogP contribution in [0.3, 0.4) is 0 Å². The molecule has 0 radical (unpaired) electrons. The van der Waals surface area contributed by atoms with Crippen molar-refractivity contribution in [3.05, 3.63) is 64.9 Å². The summed E-state index contributed by atoms with van der Waals surface area (Å²) in [6.07, 6.45) is 3.84. The van der Waals surface area contributed by atoms with E-state index >= 15 is 0 Å². The van der Waals surface area contributed by atoms with E-state index in [9.17, 15) is 9.90 Å². The Labute approximate surface area is 220 Å². The molecular formula is C28H40ClN5O2. The monoisotopic (exact) mass is 513 g/mol. The van der Waals surface area contributed by atoms with Gasteiger partial charge in [-0.2, -0.15) is 0 Å². The van der Waals surface area contributed by atoms with Gasteiger partial charge in [0, 0.05) is 50.0 Å². The van der Waals surface area contributed by atoms with Crippen molar-refractivity contribution in [2.45, 2.75) is 58.3 Å². The quantitative estimate of drug-likeness (QED) is 0.599. The molecule has 0 spiro atoms. The summed E-state index contributed by atoms with van der Waals surface area (Å²) in [7, 11) is 0. The minimum absolute atomic E-state index is 0.0192. The van der Waals surface area contributed by atoms with E-state index in [2.05, 4.69) is 48.8 Å². The standard InChI is InChI=1S/C28H40ClN5O2/c1-28(2,3)24-19-33(26(23-6-4-5-13-31-23)21-7-9-22(29)10-8-21)16-17-34(24)25(35)18-20-11-14-32(15-12-20)27(30)36/h4-10,13,20,24-26,35H,11-12,14-19H2,1-3H3,(H2,30,36). The third-order valence-electron chi connectivity index (χ3n) is 7.82. The molecule has 3 heterocycles. The van der Waals surface area contributed by atoms with Gasteiger partial charge in [-0.1, -0.05) is 50.6 Å². The van der Waals surface area contributed by atoms with Crippen molar-refractivity contribution in [2.75, 3.05) is 32.7 Å². The largest absolute Gasteiger partial charge is 0.378 e. The number of rotatable bonds is 6. The van der Waals surface area contributed by atoms with E-state index < -0.39 is 6.23 Å². The van der Waals surface area contributed by atoms with E-state index in [1.807, 2.05) is 30.5 Å². The van der Waals surface area contributed by atoms with E-state index in [1.54, 1.807) is 4.90 Å². The molecule has 2 aromatic rings.